The van der Waals surface area contributed by atoms with Gasteiger partial charge in [0, 0.05) is 11.8 Å². The zero-order valence-corrected chi connectivity index (χ0v) is 15.3. The number of aromatic nitrogens is 2. The van der Waals surface area contributed by atoms with E-state index in [9.17, 15) is 4.79 Å². The lowest BCUT2D eigenvalue weighted by molar-refractivity contribution is 0.102. The Kier molecular flexibility index (Phi) is 5.51. The molecule has 0 spiro atoms. The minimum absolute atomic E-state index is 0.245. The van der Waals surface area contributed by atoms with Crippen molar-refractivity contribution in [2.24, 2.45) is 0 Å². The van der Waals surface area contributed by atoms with E-state index in [-0.39, 0.29) is 11.6 Å². The summed E-state index contributed by atoms with van der Waals surface area (Å²) >= 11 is 0. The molecule has 0 radical (unpaired) electrons. The van der Waals surface area contributed by atoms with Gasteiger partial charge >= 0.3 is 0 Å². The number of hydrogen-bond donors (Lipinski definition) is 2. The van der Waals surface area contributed by atoms with Crippen molar-refractivity contribution in [3.63, 3.8) is 0 Å². The van der Waals surface area contributed by atoms with Gasteiger partial charge in [0.25, 0.3) is 5.91 Å². The largest absolute Gasteiger partial charge is 0.497 e. The van der Waals surface area contributed by atoms with Gasteiger partial charge < -0.3 is 20.1 Å². The van der Waals surface area contributed by atoms with Crippen LogP contribution >= 0.6 is 0 Å². The lowest BCUT2D eigenvalue weighted by Crippen LogP contribution is -2.14. The van der Waals surface area contributed by atoms with Gasteiger partial charge in [0.15, 0.2) is 0 Å². The Morgan fingerprint density at radius 2 is 1.74 bits per heavy atom. The number of hydrogen-bond acceptors (Lipinski definition) is 6. The summed E-state index contributed by atoms with van der Waals surface area (Å²) in [6.07, 6.45) is 1.34. The molecule has 138 valence electrons. The van der Waals surface area contributed by atoms with Crippen LogP contribution < -0.4 is 20.1 Å². The lowest BCUT2D eigenvalue weighted by Gasteiger charge is -2.12. The minimum atomic E-state index is -0.332. The van der Waals surface area contributed by atoms with E-state index in [0.717, 1.165) is 11.3 Å². The quantitative estimate of drug-likeness (QED) is 0.692. The first-order valence-corrected chi connectivity index (χ1v) is 8.28. The fourth-order valence-corrected chi connectivity index (χ4v) is 2.48. The van der Waals surface area contributed by atoms with E-state index in [4.69, 9.17) is 9.47 Å². The molecule has 27 heavy (non-hydrogen) atoms. The Bertz CT molecular complexity index is 942. The van der Waals surface area contributed by atoms with Gasteiger partial charge in [0.1, 0.15) is 29.3 Å². The number of methoxy groups -OCH3 is 2. The summed E-state index contributed by atoms with van der Waals surface area (Å²) in [5, 5.41) is 5.96. The maximum atomic E-state index is 12.5. The molecular formula is C20H20N4O3. The maximum absolute atomic E-state index is 12.5. The second kappa shape index (κ2) is 8.18. The number of carbonyl (C=O) groups excluding carboxylic acids is 1. The SMILES string of the molecule is COc1ccc(NC(=O)c2cc(Nc3cc(C)ccc3OC)ncn2)cc1. The van der Waals surface area contributed by atoms with E-state index in [1.807, 2.05) is 25.1 Å². The minimum Gasteiger partial charge on any atom is -0.497 e. The molecule has 7 heteroatoms. The third-order valence-corrected chi connectivity index (χ3v) is 3.87. The first kappa shape index (κ1) is 18.2. The first-order chi connectivity index (χ1) is 13.1. The number of rotatable bonds is 6. The molecule has 0 bridgehead atoms. The van der Waals surface area contributed by atoms with Crippen LogP contribution in [0.2, 0.25) is 0 Å². The van der Waals surface area contributed by atoms with Crippen LogP contribution in [-0.2, 0) is 0 Å². The van der Waals surface area contributed by atoms with Crippen molar-refractivity contribution in [2.45, 2.75) is 6.92 Å². The van der Waals surface area contributed by atoms with Gasteiger partial charge in [-0.3, -0.25) is 4.79 Å². The van der Waals surface area contributed by atoms with Crippen LogP contribution in [0.5, 0.6) is 11.5 Å². The average Bonchev–Trinajstić information content (AvgIpc) is 2.69. The van der Waals surface area contributed by atoms with E-state index in [2.05, 4.69) is 20.6 Å². The highest BCUT2D eigenvalue weighted by Gasteiger charge is 2.11. The first-order valence-electron chi connectivity index (χ1n) is 8.28. The Labute approximate surface area is 157 Å². The van der Waals surface area contributed by atoms with Gasteiger partial charge in [0.2, 0.25) is 0 Å². The molecule has 1 amide bonds. The molecule has 0 fully saturated rings. The molecule has 0 aliphatic heterocycles. The van der Waals surface area contributed by atoms with Crippen LogP contribution in [0.1, 0.15) is 16.1 Å². The Morgan fingerprint density at radius 3 is 2.44 bits per heavy atom. The van der Waals surface area contributed by atoms with Crippen LogP contribution in [0.25, 0.3) is 0 Å². The Balaban J connectivity index is 1.76. The van der Waals surface area contributed by atoms with Gasteiger partial charge in [-0.2, -0.15) is 0 Å². The fraction of sp³-hybridized carbons (Fsp3) is 0.150. The molecule has 1 aromatic heterocycles. The lowest BCUT2D eigenvalue weighted by atomic mass is 10.2. The number of nitrogens with one attached hydrogen (secondary N) is 2. The van der Waals surface area contributed by atoms with Gasteiger partial charge in [-0.25, -0.2) is 9.97 Å². The maximum Gasteiger partial charge on any atom is 0.274 e. The van der Waals surface area contributed by atoms with Crippen molar-refractivity contribution < 1.29 is 14.3 Å². The standard InChI is InChI=1S/C20H20N4O3/c1-13-4-9-18(27-3)16(10-13)24-19-11-17(21-12-22-19)20(25)23-14-5-7-15(26-2)8-6-14/h4-12H,1-3H3,(H,23,25)(H,21,22,24). The summed E-state index contributed by atoms with van der Waals surface area (Å²) in [7, 11) is 3.19. The highest BCUT2D eigenvalue weighted by Crippen LogP contribution is 2.28. The fourth-order valence-electron chi connectivity index (χ4n) is 2.48. The van der Waals surface area contributed by atoms with Crippen LogP contribution in [0.4, 0.5) is 17.2 Å². The molecule has 0 aliphatic rings. The predicted octanol–water partition coefficient (Wildman–Crippen LogP) is 3.80. The summed E-state index contributed by atoms with van der Waals surface area (Å²) in [5.74, 6) is 1.56. The topological polar surface area (TPSA) is 85.4 Å². The van der Waals surface area contributed by atoms with Crippen molar-refractivity contribution in [3.05, 3.63) is 66.1 Å². The normalized spacial score (nSPS) is 10.2. The number of carbonyl (C=O) groups is 1. The highest BCUT2D eigenvalue weighted by atomic mass is 16.5. The second-order valence-corrected chi connectivity index (χ2v) is 5.80. The average molecular weight is 364 g/mol. The van der Waals surface area contributed by atoms with E-state index < -0.39 is 0 Å². The van der Waals surface area contributed by atoms with Crippen LogP contribution in [0.3, 0.4) is 0 Å². The van der Waals surface area contributed by atoms with Crippen LogP contribution in [0.15, 0.2) is 54.9 Å². The molecule has 2 N–H and O–H groups in total. The molecular weight excluding hydrogens is 344 g/mol. The summed E-state index contributed by atoms with van der Waals surface area (Å²) in [6.45, 7) is 1.98. The molecule has 7 nitrogen and oxygen atoms in total. The van der Waals surface area contributed by atoms with Crippen LogP contribution in [-0.4, -0.2) is 30.1 Å². The molecule has 0 aliphatic carbocycles. The van der Waals surface area contributed by atoms with Crippen molar-refractivity contribution in [1.29, 1.82) is 0 Å². The second-order valence-electron chi connectivity index (χ2n) is 5.80. The smallest absolute Gasteiger partial charge is 0.274 e. The Morgan fingerprint density at radius 1 is 0.963 bits per heavy atom. The Hall–Kier alpha value is -3.61. The van der Waals surface area contributed by atoms with Gasteiger partial charge in [-0.15, -0.1) is 0 Å². The molecule has 0 unspecified atom stereocenters. The van der Waals surface area contributed by atoms with Gasteiger partial charge in [0.05, 0.1) is 19.9 Å². The molecule has 3 rings (SSSR count). The highest BCUT2D eigenvalue weighted by molar-refractivity contribution is 6.03. The predicted molar refractivity (Wildman–Crippen MR) is 104 cm³/mol. The van der Waals surface area contributed by atoms with Crippen molar-refractivity contribution in [2.75, 3.05) is 24.9 Å². The third-order valence-electron chi connectivity index (χ3n) is 3.87. The van der Waals surface area contributed by atoms with Gasteiger partial charge in [-0.05, 0) is 48.9 Å². The van der Waals surface area contributed by atoms with Crippen molar-refractivity contribution in [3.8, 4) is 11.5 Å². The number of aryl methyl sites for hydroxylation is 1. The van der Waals surface area contributed by atoms with E-state index in [0.29, 0.717) is 23.0 Å². The zero-order chi connectivity index (χ0) is 19.2. The van der Waals surface area contributed by atoms with Crippen molar-refractivity contribution in [1.82, 2.24) is 9.97 Å². The molecule has 0 saturated carbocycles. The summed E-state index contributed by atoms with van der Waals surface area (Å²) in [4.78, 5) is 20.7. The summed E-state index contributed by atoms with van der Waals surface area (Å²) < 4.78 is 10.5. The number of ether oxygens (including phenoxy) is 2. The molecule has 2 aromatic carbocycles. The summed E-state index contributed by atoms with van der Waals surface area (Å²) in [6, 6.07) is 14.4. The van der Waals surface area contributed by atoms with Gasteiger partial charge in [-0.1, -0.05) is 6.07 Å². The molecule has 0 saturated heterocycles. The zero-order valence-electron chi connectivity index (χ0n) is 15.3. The monoisotopic (exact) mass is 364 g/mol. The molecule has 3 aromatic rings. The number of nitrogens with zero attached hydrogens (tertiary/aromatic N) is 2. The van der Waals surface area contributed by atoms with E-state index >= 15 is 0 Å². The number of amides is 1. The summed E-state index contributed by atoms with van der Waals surface area (Å²) in [5.41, 5.74) is 2.73. The number of benzene rings is 2. The van der Waals surface area contributed by atoms with Crippen LogP contribution in [0, 0.1) is 6.92 Å². The third kappa shape index (κ3) is 4.52. The molecule has 1 heterocycles. The van der Waals surface area contributed by atoms with Crippen molar-refractivity contribution >= 4 is 23.1 Å². The van der Waals surface area contributed by atoms with E-state index in [1.165, 1.54) is 6.33 Å². The number of anilines is 3. The van der Waals surface area contributed by atoms with E-state index in [1.54, 1.807) is 44.6 Å². The molecule has 0 atom stereocenters.